The molecule has 0 bridgehead atoms. The Hall–Kier alpha value is -3.35. The number of ether oxygens (including phenoxy) is 1. The van der Waals surface area contributed by atoms with E-state index in [-0.39, 0.29) is 5.91 Å². The lowest BCUT2D eigenvalue weighted by Crippen LogP contribution is -2.48. The van der Waals surface area contributed by atoms with Crippen molar-refractivity contribution in [1.29, 1.82) is 0 Å². The molecule has 1 atom stereocenters. The van der Waals surface area contributed by atoms with Crippen LogP contribution < -0.4 is 9.64 Å². The van der Waals surface area contributed by atoms with Gasteiger partial charge in [0.05, 0.1) is 12.8 Å². The van der Waals surface area contributed by atoms with Crippen molar-refractivity contribution in [3.63, 3.8) is 0 Å². The van der Waals surface area contributed by atoms with Crippen molar-refractivity contribution in [1.82, 2.24) is 19.7 Å². The highest BCUT2D eigenvalue weighted by Gasteiger charge is 2.26. The van der Waals surface area contributed by atoms with Crippen molar-refractivity contribution in [2.75, 3.05) is 38.2 Å². The molecule has 0 spiro atoms. The van der Waals surface area contributed by atoms with Gasteiger partial charge >= 0.3 is 0 Å². The minimum absolute atomic E-state index is 0.114. The first-order valence-electron chi connectivity index (χ1n) is 11.3. The van der Waals surface area contributed by atoms with Gasteiger partial charge in [0.15, 0.2) is 0 Å². The maximum atomic E-state index is 13.3. The van der Waals surface area contributed by atoms with Gasteiger partial charge in [-0.25, -0.2) is 0 Å². The normalized spacial score (nSPS) is 18.4. The Morgan fingerprint density at radius 3 is 2.66 bits per heavy atom. The molecule has 32 heavy (non-hydrogen) atoms. The highest BCUT2D eigenvalue weighted by atomic mass is 16.5. The molecule has 2 aromatic carbocycles. The Bertz CT molecular complexity index is 1120. The molecular formula is C25H29N5O2. The number of methoxy groups -OCH3 is 1. The minimum atomic E-state index is 0.114. The van der Waals surface area contributed by atoms with Crippen LogP contribution in [0.3, 0.4) is 0 Å². The molecule has 3 aromatic rings. The third-order valence-corrected chi connectivity index (χ3v) is 6.73. The maximum absolute atomic E-state index is 13.3. The van der Waals surface area contributed by atoms with Crippen molar-refractivity contribution in [2.24, 2.45) is 0 Å². The number of aromatic nitrogens is 3. The number of para-hydroxylation sites is 2. The second kappa shape index (κ2) is 8.65. The number of rotatable bonds is 4. The lowest BCUT2D eigenvalue weighted by Gasteiger charge is -2.36. The molecular weight excluding hydrogens is 402 g/mol. The minimum Gasteiger partial charge on any atom is -0.495 e. The third-order valence-electron chi connectivity index (χ3n) is 6.73. The molecule has 7 heteroatoms. The SMILES string of the molecule is COc1ccccc1N1CCN(C(=O)c2cccc(C3CCc4nnc(C)n4C3)c2)CC1. The van der Waals surface area contributed by atoms with E-state index in [4.69, 9.17) is 4.74 Å². The van der Waals surface area contributed by atoms with Crippen LogP contribution in [-0.4, -0.2) is 58.9 Å². The van der Waals surface area contributed by atoms with E-state index in [0.717, 1.165) is 61.1 Å². The monoisotopic (exact) mass is 431 g/mol. The quantitative estimate of drug-likeness (QED) is 0.634. The molecule has 0 radical (unpaired) electrons. The molecule has 2 aliphatic heterocycles. The van der Waals surface area contributed by atoms with Crippen molar-refractivity contribution in [3.8, 4) is 5.75 Å². The third kappa shape index (κ3) is 3.83. The van der Waals surface area contributed by atoms with Crippen LogP contribution in [0.15, 0.2) is 48.5 Å². The number of aryl methyl sites for hydroxylation is 2. The summed E-state index contributed by atoms with van der Waals surface area (Å²) in [5, 5.41) is 8.48. The van der Waals surface area contributed by atoms with Crippen LogP contribution in [0.1, 0.15) is 39.9 Å². The molecule has 3 heterocycles. The summed E-state index contributed by atoms with van der Waals surface area (Å²) in [5.74, 6) is 3.40. The number of carbonyl (C=O) groups is 1. The topological polar surface area (TPSA) is 63.5 Å². The number of nitrogens with zero attached hydrogens (tertiary/aromatic N) is 5. The average Bonchev–Trinajstić information content (AvgIpc) is 3.23. The van der Waals surface area contributed by atoms with Gasteiger partial charge in [0, 0.05) is 50.6 Å². The number of fused-ring (bicyclic) bond motifs is 1. The van der Waals surface area contributed by atoms with Crippen LogP contribution in [-0.2, 0) is 13.0 Å². The molecule has 0 saturated carbocycles. The van der Waals surface area contributed by atoms with E-state index in [1.54, 1.807) is 7.11 Å². The molecule has 0 N–H and O–H groups in total. The molecule has 1 fully saturated rings. The second-order valence-electron chi connectivity index (χ2n) is 8.59. The van der Waals surface area contributed by atoms with E-state index in [0.29, 0.717) is 19.0 Å². The lowest BCUT2D eigenvalue weighted by atomic mass is 9.90. The summed E-state index contributed by atoms with van der Waals surface area (Å²) in [6.07, 6.45) is 1.96. The Balaban J connectivity index is 1.26. The van der Waals surface area contributed by atoms with Crippen LogP contribution in [0.2, 0.25) is 0 Å². The van der Waals surface area contributed by atoms with Crippen LogP contribution >= 0.6 is 0 Å². The molecule has 0 aliphatic carbocycles. The van der Waals surface area contributed by atoms with Crippen LogP contribution in [0.25, 0.3) is 0 Å². The van der Waals surface area contributed by atoms with E-state index in [1.807, 2.05) is 42.2 Å². The Labute approximate surface area is 188 Å². The summed E-state index contributed by atoms with van der Waals surface area (Å²) in [7, 11) is 1.70. The molecule has 5 rings (SSSR count). The number of benzene rings is 2. The smallest absolute Gasteiger partial charge is 0.253 e. The van der Waals surface area contributed by atoms with E-state index in [1.165, 1.54) is 5.56 Å². The Morgan fingerprint density at radius 1 is 1.03 bits per heavy atom. The molecule has 166 valence electrons. The molecule has 1 saturated heterocycles. The van der Waals surface area contributed by atoms with Gasteiger partial charge in [-0.2, -0.15) is 0 Å². The van der Waals surface area contributed by atoms with Gasteiger partial charge in [0.1, 0.15) is 17.4 Å². The molecule has 1 amide bonds. The zero-order valence-corrected chi connectivity index (χ0v) is 18.7. The van der Waals surface area contributed by atoms with E-state index < -0.39 is 0 Å². The standard InChI is InChI=1S/C25H29N5O2/c1-18-26-27-24-11-10-21(17-30(18)24)19-6-5-7-20(16-19)25(31)29-14-12-28(13-15-29)22-8-3-4-9-23(22)32-2/h3-9,16,21H,10-15,17H2,1-2H3. The first-order chi connectivity index (χ1) is 15.6. The van der Waals surface area contributed by atoms with E-state index >= 15 is 0 Å². The van der Waals surface area contributed by atoms with Gasteiger partial charge in [-0.05, 0) is 43.2 Å². The predicted octanol–water partition coefficient (Wildman–Crippen LogP) is 3.29. The van der Waals surface area contributed by atoms with Gasteiger partial charge in [-0.1, -0.05) is 24.3 Å². The first-order valence-corrected chi connectivity index (χ1v) is 11.3. The Morgan fingerprint density at radius 2 is 1.84 bits per heavy atom. The first kappa shape index (κ1) is 20.5. The number of carbonyl (C=O) groups excluding carboxylic acids is 1. The number of hydrogen-bond acceptors (Lipinski definition) is 5. The predicted molar refractivity (Wildman–Crippen MR) is 123 cm³/mol. The summed E-state index contributed by atoms with van der Waals surface area (Å²) in [6.45, 7) is 5.88. The summed E-state index contributed by atoms with van der Waals surface area (Å²) in [5.41, 5.74) is 3.09. The van der Waals surface area contributed by atoms with E-state index in [9.17, 15) is 4.79 Å². The van der Waals surface area contributed by atoms with Gasteiger partial charge in [-0.3, -0.25) is 4.79 Å². The average molecular weight is 432 g/mol. The lowest BCUT2D eigenvalue weighted by molar-refractivity contribution is 0.0746. The van der Waals surface area contributed by atoms with Gasteiger partial charge in [-0.15, -0.1) is 10.2 Å². The van der Waals surface area contributed by atoms with Crippen LogP contribution in [0, 0.1) is 6.92 Å². The summed E-state index contributed by atoms with van der Waals surface area (Å²) in [6, 6.07) is 16.2. The highest BCUT2D eigenvalue weighted by molar-refractivity contribution is 5.94. The second-order valence-corrected chi connectivity index (χ2v) is 8.59. The zero-order chi connectivity index (χ0) is 22.1. The maximum Gasteiger partial charge on any atom is 0.253 e. The van der Waals surface area contributed by atoms with Gasteiger partial charge < -0.3 is 19.1 Å². The van der Waals surface area contributed by atoms with Gasteiger partial charge in [0.25, 0.3) is 5.91 Å². The van der Waals surface area contributed by atoms with Crippen LogP contribution in [0.4, 0.5) is 5.69 Å². The van der Waals surface area contributed by atoms with Crippen molar-refractivity contribution in [3.05, 3.63) is 71.3 Å². The van der Waals surface area contributed by atoms with Crippen molar-refractivity contribution in [2.45, 2.75) is 32.2 Å². The number of anilines is 1. The molecule has 7 nitrogen and oxygen atoms in total. The molecule has 2 aliphatic rings. The summed E-state index contributed by atoms with van der Waals surface area (Å²) >= 11 is 0. The summed E-state index contributed by atoms with van der Waals surface area (Å²) in [4.78, 5) is 17.5. The van der Waals surface area contributed by atoms with Crippen LogP contribution in [0.5, 0.6) is 5.75 Å². The zero-order valence-electron chi connectivity index (χ0n) is 18.7. The van der Waals surface area contributed by atoms with Crippen molar-refractivity contribution < 1.29 is 9.53 Å². The molecule has 1 unspecified atom stereocenters. The highest BCUT2D eigenvalue weighted by Crippen LogP contribution is 2.30. The number of amides is 1. The fraction of sp³-hybridized carbons (Fsp3) is 0.400. The van der Waals surface area contributed by atoms with Gasteiger partial charge in [0.2, 0.25) is 0 Å². The molecule has 1 aromatic heterocycles. The van der Waals surface area contributed by atoms with E-state index in [2.05, 4.69) is 37.9 Å². The fourth-order valence-corrected chi connectivity index (χ4v) is 4.88. The van der Waals surface area contributed by atoms with Crippen molar-refractivity contribution >= 4 is 11.6 Å². The summed E-state index contributed by atoms with van der Waals surface area (Å²) < 4.78 is 7.71. The fourth-order valence-electron chi connectivity index (χ4n) is 4.88. The number of hydrogen-bond donors (Lipinski definition) is 0. The largest absolute Gasteiger partial charge is 0.495 e. The Kier molecular flexibility index (Phi) is 5.55. The number of piperazine rings is 1.